The molecule has 1 saturated heterocycles. The Kier molecular flexibility index (Phi) is 4.18. The molecule has 0 saturated carbocycles. The van der Waals surface area contributed by atoms with Gasteiger partial charge >= 0.3 is 5.97 Å². The third-order valence-corrected chi connectivity index (χ3v) is 4.33. The summed E-state index contributed by atoms with van der Waals surface area (Å²) in [5.41, 5.74) is 5.89. The molecule has 1 aromatic heterocycles. The van der Waals surface area contributed by atoms with Gasteiger partial charge in [0.2, 0.25) is 0 Å². The largest absolute Gasteiger partial charge is 0.447 e. The molecule has 9 heteroatoms. The van der Waals surface area contributed by atoms with E-state index >= 15 is 0 Å². The molecule has 2 aromatic rings. The average Bonchev–Trinajstić information content (AvgIpc) is 3.09. The van der Waals surface area contributed by atoms with Crippen LogP contribution >= 0.6 is 22.9 Å². The molecule has 0 radical (unpaired) electrons. The molecule has 2 heterocycles. The number of nitrogens with two attached hydrogens (primary N) is 1. The number of anilines is 2. The Hall–Kier alpha value is -2.19. The number of ether oxygens (including phenoxy) is 1. The number of hydrogen-bond acceptors (Lipinski definition) is 6. The number of thiazole rings is 1. The number of nitrogen functional groups attached to an aromatic ring is 1. The zero-order valence-electron chi connectivity index (χ0n) is 11.7. The van der Waals surface area contributed by atoms with Crippen molar-refractivity contribution in [2.45, 2.75) is 12.5 Å². The zero-order chi connectivity index (χ0) is 16.6. The van der Waals surface area contributed by atoms with E-state index in [4.69, 9.17) is 22.1 Å². The Morgan fingerprint density at radius 1 is 1.52 bits per heavy atom. The average molecular weight is 356 g/mol. The fourth-order valence-electron chi connectivity index (χ4n) is 2.24. The van der Waals surface area contributed by atoms with E-state index in [1.54, 1.807) is 0 Å². The first-order chi connectivity index (χ1) is 11.0. The van der Waals surface area contributed by atoms with Crippen LogP contribution in [-0.4, -0.2) is 29.5 Å². The van der Waals surface area contributed by atoms with Gasteiger partial charge in [0.25, 0.3) is 5.91 Å². The van der Waals surface area contributed by atoms with E-state index in [1.807, 2.05) is 0 Å². The number of amides is 1. The highest BCUT2D eigenvalue weighted by Gasteiger charge is 2.36. The first-order valence-electron chi connectivity index (χ1n) is 6.64. The van der Waals surface area contributed by atoms with Crippen LogP contribution in [-0.2, 0) is 9.53 Å². The van der Waals surface area contributed by atoms with E-state index < -0.39 is 23.8 Å². The summed E-state index contributed by atoms with van der Waals surface area (Å²) < 4.78 is 18.7. The first-order valence-corrected chi connectivity index (χ1v) is 7.90. The Morgan fingerprint density at radius 3 is 2.96 bits per heavy atom. The van der Waals surface area contributed by atoms with Crippen LogP contribution in [0.5, 0.6) is 0 Å². The topological polar surface area (TPSA) is 85.5 Å². The highest BCUT2D eigenvalue weighted by Crippen LogP contribution is 2.27. The second-order valence-electron chi connectivity index (χ2n) is 4.84. The van der Waals surface area contributed by atoms with Crippen molar-refractivity contribution in [3.05, 3.63) is 40.1 Å². The number of carbonyl (C=O) groups is 2. The van der Waals surface area contributed by atoms with Crippen LogP contribution in [0.1, 0.15) is 16.9 Å². The van der Waals surface area contributed by atoms with Crippen LogP contribution in [0.4, 0.5) is 15.2 Å². The fraction of sp³-hybridized carbons (Fsp3) is 0.214. The highest BCUT2D eigenvalue weighted by atomic mass is 35.5. The second kappa shape index (κ2) is 6.13. The number of aromatic nitrogens is 1. The third kappa shape index (κ3) is 3.13. The van der Waals surface area contributed by atoms with Gasteiger partial charge in [0.15, 0.2) is 16.9 Å². The molecule has 6 nitrogen and oxygen atoms in total. The molecule has 1 aliphatic heterocycles. The van der Waals surface area contributed by atoms with Gasteiger partial charge < -0.3 is 15.4 Å². The Labute approximate surface area is 139 Å². The van der Waals surface area contributed by atoms with Crippen molar-refractivity contribution in [1.82, 2.24) is 4.98 Å². The monoisotopic (exact) mass is 355 g/mol. The molecular formula is C14H11ClFN3O3S. The molecule has 120 valence electrons. The van der Waals surface area contributed by atoms with Gasteiger partial charge in [-0.1, -0.05) is 11.6 Å². The van der Waals surface area contributed by atoms with Crippen LogP contribution in [0.15, 0.2) is 23.6 Å². The maximum Gasteiger partial charge on any atom is 0.358 e. The van der Waals surface area contributed by atoms with Gasteiger partial charge in [0.1, 0.15) is 5.82 Å². The van der Waals surface area contributed by atoms with Gasteiger partial charge in [0.05, 0.1) is 5.02 Å². The van der Waals surface area contributed by atoms with Crippen molar-refractivity contribution in [3.8, 4) is 0 Å². The normalized spacial score (nSPS) is 17.6. The molecule has 0 bridgehead atoms. The lowest BCUT2D eigenvalue weighted by atomic mass is 10.3. The highest BCUT2D eigenvalue weighted by molar-refractivity contribution is 7.13. The molecule has 3 rings (SSSR count). The van der Waals surface area contributed by atoms with E-state index in [-0.39, 0.29) is 15.8 Å². The summed E-state index contributed by atoms with van der Waals surface area (Å²) in [5.74, 6) is -1.74. The minimum absolute atomic E-state index is 0.0236. The first kappa shape index (κ1) is 15.7. The molecule has 0 spiro atoms. The van der Waals surface area contributed by atoms with E-state index in [9.17, 15) is 14.0 Å². The minimum atomic E-state index is -0.927. The van der Waals surface area contributed by atoms with Crippen LogP contribution < -0.4 is 10.6 Å². The number of benzene rings is 1. The predicted octanol–water partition coefficient (Wildman–Crippen LogP) is 2.48. The maximum absolute atomic E-state index is 13.5. The number of carbonyl (C=O) groups excluding carboxylic acids is 2. The van der Waals surface area contributed by atoms with Crippen molar-refractivity contribution < 1.29 is 18.7 Å². The zero-order valence-corrected chi connectivity index (χ0v) is 13.2. The third-order valence-electron chi connectivity index (χ3n) is 3.35. The van der Waals surface area contributed by atoms with Crippen molar-refractivity contribution in [1.29, 1.82) is 0 Å². The Bertz CT molecular complexity index is 782. The molecule has 1 amide bonds. The molecule has 2 N–H and O–H groups in total. The summed E-state index contributed by atoms with van der Waals surface area (Å²) in [4.78, 5) is 29.4. The van der Waals surface area contributed by atoms with Crippen LogP contribution in [0.2, 0.25) is 5.02 Å². The van der Waals surface area contributed by atoms with Gasteiger partial charge in [-0.25, -0.2) is 14.2 Å². The summed E-state index contributed by atoms with van der Waals surface area (Å²) in [6.45, 7) is 0.317. The van der Waals surface area contributed by atoms with E-state index in [0.717, 1.165) is 11.3 Å². The Balaban J connectivity index is 1.71. The summed E-state index contributed by atoms with van der Waals surface area (Å²) in [7, 11) is 0. The summed E-state index contributed by atoms with van der Waals surface area (Å²) in [5, 5.41) is 1.68. The molecule has 1 atom stereocenters. The number of rotatable bonds is 3. The van der Waals surface area contributed by atoms with E-state index in [1.165, 1.54) is 28.5 Å². The smallest absolute Gasteiger partial charge is 0.358 e. The predicted molar refractivity (Wildman–Crippen MR) is 84.1 cm³/mol. The van der Waals surface area contributed by atoms with Crippen LogP contribution in [0, 0.1) is 5.82 Å². The molecule has 1 fully saturated rings. The summed E-state index contributed by atoms with van der Waals surface area (Å²) >= 11 is 6.74. The number of esters is 1. The molecule has 0 aliphatic carbocycles. The van der Waals surface area contributed by atoms with Gasteiger partial charge in [-0.2, -0.15) is 0 Å². The van der Waals surface area contributed by atoms with Gasteiger partial charge in [0, 0.05) is 24.0 Å². The number of nitrogens with zero attached hydrogens (tertiary/aromatic N) is 2. The van der Waals surface area contributed by atoms with E-state index in [0.29, 0.717) is 18.7 Å². The molecule has 1 aromatic carbocycles. The molecule has 1 aliphatic rings. The number of hydrogen-bond donors (Lipinski definition) is 1. The Morgan fingerprint density at radius 2 is 2.30 bits per heavy atom. The summed E-state index contributed by atoms with van der Waals surface area (Å²) in [6.07, 6.45) is -0.613. The fourth-order valence-corrected chi connectivity index (χ4v) is 2.89. The lowest BCUT2D eigenvalue weighted by Gasteiger charge is -2.17. The maximum atomic E-state index is 13.5. The van der Waals surface area contributed by atoms with Gasteiger partial charge in [-0.3, -0.25) is 4.79 Å². The SMILES string of the molecule is Nc1nc(C(=O)OC2CCN(c3ccc(Cl)c(F)c3)C2=O)cs1. The quantitative estimate of drug-likeness (QED) is 0.855. The molecular weight excluding hydrogens is 345 g/mol. The molecule has 1 unspecified atom stereocenters. The second-order valence-corrected chi connectivity index (χ2v) is 6.14. The molecule has 23 heavy (non-hydrogen) atoms. The van der Waals surface area contributed by atoms with Gasteiger partial charge in [-0.15, -0.1) is 11.3 Å². The lowest BCUT2D eigenvalue weighted by molar-refractivity contribution is -0.124. The van der Waals surface area contributed by atoms with Crippen molar-refractivity contribution >= 4 is 45.6 Å². The van der Waals surface area contributed by atoms with Crippen molar-refractivity contribution in [3.63, 3.8) is 0 Å². The number of halogens is 2. The van der Waals surface area contributed by atoms with E-state index in [2.05, 4.69) is 4.98 Å². The van der Waals surface area contributed by atoms with Crippen molar-refractivity contribution in [2.75, 3.05) is 17.2 Å². The standard InChI is InChI=1S/C14H11ClFN3O3S/c15-8-2-1-7(5-9(8)16)19-4-3-11(12(19)20)22-13(21)10-6-23-14(17)18-10/h1-2,5-6,11H,3-4H2,(H2,17,18). The minimum Gasteiger partial charge on any atom is -0.447 e. The van der Waals surface area contributed by atoms with Crippen LogP contribution in [0.3, 0.4) is 0 Å². The van der Waals surface area contributed by atoms with Crippen LogP contribution in [0.25, 0.3) is 0 Å². The van der Waals surface area contributed by atoms with Gasteiger partial charge in [-0.05, 0) is 18.2 Å². The lowest BCUT2D eigenvalue weighted by Crippen LogP contribution is -2.32. The van der Waals surface area contributed by atoms with Crippen molar-refractivity contribution in [2.24, 2.45) is 0 Å². The summed E-state index contributed by atoms with van der Waals surface area (Å²) in [6, 6.07) is 4.08.